The maximum Gasteiger partial charge on any atom is 0.304 e. The Morgan fingerprint density at radius 2 is 1.79 bits per heavy atom. The van der Waals surface area contributed by atoms with Gasteiger partial charge in [0.15, 0.2) is 13.3 Å². The minimum Gasteiger partial charge on any atom is -0.467 e. The lowest BCUT2D eigenvalue weighted by Crippen LogP contribution is -2.40. The Labute approximate surface area is 175 Å². The molecule has 2 aromatic rings. The van der Waals surface area contributed by atoms with E-state index < -0.39 is 43.4 Å². The monoisotopic (exact) mass is 433 g/mol. The molecule has 1 aliphatic rings. The lowest BCUT2D eigenvalue weighted by atomic mass is 9.65. The molecule has 29 heavy (non-hydrogen) atoms. The molecule has 1 atom stereocenters. The fourth-order valence-electron chi connectivity index (χ4n) is 2.90. The molecule has 3 rings (SSSR count). The zero-order valence-electron chi connectivity index (χ0n) is 15.9. The third kappa shape index (κ3) is 3.53. The number of nitrogens with two attached hydrogens (primary N) is 1. The van der Waals surface area contributed by atoms with Gasteiger partial charge in [-0.1, -0.05) is 48.0 Å². The molecule has 12 heteroatoms. The van der Waals surface area contributed by atoms with Crippen LogP contribution in [0.3, 0.4) is 0 Å². The van der Waals surface area contributed by atoms with Gasteiger partial charge in [-0.3, -0.25) is 4.79 Å². The van der Waals surface area contributed by atoms with Crippen LogP contribution in [0.5, 0.6) is 0 Å². The highest BCUT2D eigenvalue weighted by molar-refractivity contribution is 7.90. The highest BCUT2D eigenvalue weighted by Gasteiger charge is 2.51. The van der Waals surface area contributed by atoms with Crippen LogP contribution in [0.1, 0.15) is 11.1 Å². The number of ether oxygens (including phenoxy) is 1. The fourth-order valence-corrected chi connectivity index (χ4v) is 4.09. The van der Waals surface area contributed by atoms with E-state index in [4.69, 9.17) is 26.3 Å². The summed E-state index contributed by atoms with van der Waals surface area (Å²) in [7, 11) is -0.0580. The van der Waals surface area contributed by atoms with Gasteiger partial charge in [-0.25, -0.2) is 4.39 Å². The van der Waals surface area contributed by atoms with Gasteiger partial charge >= 0.3 is 10.1 Å². The number of hydrogen-bond donors (Lipinski definition) is 1. The van der Waals surface area contributed by atoms with Crippen LogP contribution in [0.2, 0.25) is 5.02 Å². The van der Waals surface area contributed by atoms with Crippen LogP contribution < -0.4 is 5.73 Å². The van der Waals surface area contributed by atoms with E-state index in [2.05, 4.69) is 0 Å². The van der Waals surface area contributed by atoms with Crippen molar-refractivity contribution in [3.8, 4) is 0 Å². The van der Waals surface area contributed by atoms with E-state index in [-0.39, 0.29) is 10.6 Å². The zero-order chi connectivity index (χ0) is 21.6. The molecular weight excluding hydrogens is 417 g/mol. The third-order valence-corrected chi connectivity index (χ3v) is 7.10. The molecule has 0 spiro atoms. The summed E-state index contributed by atoms with van der Waals surface area (Å²) >= 11 is 5.80. The predicted molar refractivity (Wildman–Crippen MR) is 114 cm³/mol. The summed E-state index contributed by atoms with van der Waals surface area (Å²) in [5, 5.41) is -0.217. The highest BCUT2D eigenvalue weighted by atomic mass is 35.5. The Kier molecular flexibility index (Phi) is 5.25. The van der Waals surface area contributed by atoms with E-state index in [1.54, 1.807) is 30.3 Å². The molecule has 0 saturated heterocycles. The third-order valence-electron chi connectivity index (χ3n) is 4.93. The van der Waals surface area contributed by atoms with Crippen molar-refractivity contribution >= 4 is 51.0 Å². The van der Waals surface area contributed by atoms with Crippen molar-refractivity contribution < 1.29 is 26.5 Å². The van der Waals surface area contributed by atoms with Crippen LogP contribution in [0, 0.1) is 5.82 Å². The van der Waals surface area contributed by atoms with Crippen LogP contribution in [0.25, 0.3) is 0 Å². The first-order valence-electron chi connectivity index (χ1n) is 8.59. The smallest absolute Gasteiger partial charge is 0.304 e. The number of carbonyl (C=O) groups excluding carboxylic acids is 1. The SMILES string of the molecule is BC(B)(c1ccccc1)S(=O)(=O)OC1=C(N)O[C@](B)(c2ccc(F)c(Cl)c2)C1=O. The van der Waals surface area contributed by atoms with Crippen molar-refractivity contribution in [3.63, 3.8) is 0 Å². The van der Waals surface area contributed by atoms with Crippen molar-refractivity contribution in [2.24, 2.45) is 5.73 Å². The second-order valence-electron chi connectivity index (χ2n) is 7.20. The van der Waals surface area contributed by atoms with Crippen LogP contribution in [-0.4, -0.2) is 37.7 Å². The second kappa shape index (κ2) is 7.14. The second-order valence-corrected chi connectivity index (χ2v) is 9.70. The maximum absolute atomic E-state index is 13.5. The van der Waals surface area contributed by atoms with Gasteiger partial charge < -0.3 is 14.7 Å². The molecule has 0 radical (unpaired) electrons. The number of Topliss-reactive ketones (excluding diaryl/α,β-unsaturated/α-hetero) is 1. The van der Waals surface area contributed by atoms with Gasteiger partial charge in [0.1, 0.15) is 21.5 Å². The summed E-state index contributed by atoms with van der Waals surface area (Å²) in [5.74, 6) is -2.60. The Balaban J connectivity index is 1.95. The summed E-state index contributed by atoms with van der Waals surface area (Å²) in [6.07, 6.45) is 0. The Hall–Kier alpha value is -2.39. The molecule has 0 fully saturated rings. The number of benzene rings is 2. The number of rotatable bonds is 5. The van der Waals surface area contributed by atoms with E-state index >= 15 is 0 Å². The lowest BCUT2D eigenvalue weighted by molar-refractivity contribution is -0.126. The predicted octanol–water partition coefficient (Wildman–Crippen LogP) is -0.585. The maximum atomic E-state index is 13.5. The van der Waals surface area contributed by atoms with Crippen molar-refractivity contribution in [2.75, 3.05) is 0 Å². The molecule has 1 heterocycles. The first kappa shape index (κ1) is 21.3. The van der Waals surface area contributed by atoms with Gasteiger partial charge in [0.2, 0.25) is 17.4 Å². The zero-order valence-corrected chi connectivity index (χ0v) is 17.5. The average molecular weight is 433 g/mol. The normalized spacial score (nSPS) is 19.9. The molecule has 6 nitrogen and oxygen atoms in total. The van der Waals surface area contributed by atoms with Crippen molar-refractivity contribution in [1.82, 2.24) is 0 Å². The Morgan fingerprint density at radius 3 is 2.38 bits per heavy atom. The van der Waals surface area contributed by atoms with Gasteiger partial charge in [0, 0.05) is 0 Å². The highest BCUT2D eigenvalue weighted by Crippen LogP contribution is 2.38. The minimum atomic E-state index is -4.33. The topological polar surface area (TPSA) is 95.7 Å². The van der Waals surface area contributed by atoms with Gasteiger partial charge in [0.05, 0.1) is 9.57 Å². The van der Waals surface area contributed by atoms with Gasteiger partial charge in [-0.15, -0.1) is 0 Å². The quantitative estimate of drug-likeness (QED) is 0.501. The number of ketones is 1. The van der Waals surface area contributed by atoms with E-state index in [0.29, 0.717) is 5.56 Å². The summed E-state index contributed by atoms with van der Waals surface area (Å²) < 4.78 is 48.5. The molecule has 0 saturated carbocycles. The van der Waals surface area contributed by atoms with Crippen LogP contribution >= 0.6 is 11.6 Å². The molecule has 2 aromatic carbocycles. The van der Waals surface area contributed by atoms with Crippen LogP contribution in [-0.2, 0) is 33.9 Å². The van der Waals surface area contributed by atoms with Gasteiger partial charge in [0.25, 0.3) is 0 Å². The van der Waals surface area contributed by atoms with E-state index in [1.807, 2.05) is 0 Å². The van der Waals surface area contributed by atoms with E-state index in [1.165, 1.54) is 35.7 Å². The summed E-state index contributed by atoms with van der Waals surface area (Å²) in [6, 6.07) is 12.0. The Bertz CT molecular complexity index is 1130. The largest absolute Gasteiger partial charge is 0.467 e. The molecule has 0 aromatic heterocycles. The van der Waals surface area contributed by atoms with Crippen molar-refractivity contribution in [3.05, 3.63) is 82.1 Å². The number of carbonyl (C=O) groups is 1. The molecule has 1 aliphatic heterocycles. The lowest BCUT2D eigenvalue weighted by Gasteiger charge is -2.26. The fraction of sp³-hybridized carbons (Fsp3) is 0.118. The van der Waals surface area contributed by atoms with E-state index in [9.17, 15) is 17.6 Å². The van der Waals surface area contributed by atoms with Gasteiger partial charge in [-0.05, 0) is 23.3 Å². The molecule has 0 amide bonds. The van der Waals surface area contributed by atoms with Crippen molar-refractivity contribution in [1.29, 1.82) is 0 Å². The summed E-state index contributed by atoms with van der Waals surface area (Å²) in [5.41, 5.74) is 4.75. The first-order valence-corrected chi connectivity index (χ1v) is 10.4. The summed E-state index contributed by atoms with van der Waals surface area (Å²) in [4.78, 5) is 13.0. The molecule has 148 valence electrons. The molecule has 0 unspecified atom stereocenters. The molecule has 0 bridgehead atoms. The van der Waals surface area contributed by atoms with Crippen molar-refractivity contribution in [2.45, 2.75) is 10.0 Å². The Morgan fingerprint density at radius 1 is 1.17 bits per heavy atom. The molecular formula is C17H16B3ClFNO5S. The number of hydrogen-bond acceptors (Lipinski definition) is 6. The molecule has 0 aliphatic carbocycles. The van der Waals surface area contributed by atoms with Gasteiger partial charge in [-0.2, -0.15) is 8.42 Å². The van der Waals surface area contributed by atoms with E-state index in [0.717, 1.165) is 6.07 Å². The summed E-state index contributed by atoms with van der Waals surface area (Å²) in [6.45, 7) is 0. The first-order chi connectivity index (χ1) is 13.4. The van der Waals surface area contributed by atoms with Crippen LogP contribution in [0.15, 0.2) is 60.2 Å². The minimum absolute atomic E-state index is 0.204. The van der Waals surface area contributed by atoms with Crippen LogP contribution in [0.4, 0.5) is 4.39 Å². The molecule has 2 N–H and O–H groups in total. The average Bonchev–Trinajstić information content (AvgIpc) is 2.88. The number of halogens is 2. The standard InChI is InChI=1S/C17H16B3ClFNO5S/c18-16(10-6-7-12(22)11(21)8-10)14(24)13(15(23)27-16)28-29(25,26)17(19,20)9-4-2-1-3-5-9/h1-8H,18-20,23H2/t16-/m1/s1.